The number of rotatable bonds is 5. The first-order chi connectivity index (χ1) is 29.7. The molecule has 0 spiro atoms. The second kappa shape index (κ2) is 14.1. The zero-order valence-corrected chi connectivity index (χ0v) is 34.3. The molecule has 0 amide bonds. The van der Waals surface area contributed by atoms with E-state index in [4.69, 9.17) is 0 Å². The zero-order valence-electron chi connectivity index (χ0n) is 34.3. The van der Waals surface area contributed by atoms with Gasteiger partial charge in [0.1, 0.15) is 0 Å². The first kappa shape index (κ1) is 35.6. The Bertz CT molecular complexity index is 3640. The summed E-state index contributed by atoms with van der Waals surface area (Å²) in [5.41, 5.74) is 15.5. The monoisotopic (exact) mass is 772 g/mol. The van der Waals surface area contributed by atoms with Gasteiger partial charge in [0.05, 0.1) is 55.7 Å². The molecule has 12 rings (SSSR count). The highest BCUT2D eigenvalue weighted by atomic mass is 15.0. The van der Waals surface area contributed by atoms with E-state index in [1.807, 2.05) is 13.8 Å². The van der Waals surface area contributed by atoms with Crippen LogP contribution in [0.2, 0.25) is 0 Å². The van der Waals surface area contributed by atoms with Crippen LogP contribution in [0.15, 0.2) is 188 Å². The third-order valence-electron chi connectivity index (χ3n) is 12.3. The fourth-order valence-electron chi connectivity index (χ4n) is 9.97. The van der Waals surface area contributed by atoms with E-state index in [0.29, 0.717) is 0 Å². The van der Waals surface area contributed by atoms with Gasteiger partial charge < -0.3 is 18.3 Å². The summed E-state index contributed by atoms with van der Waals surface area (Å²) in [6.07, 6.45) is 4.40. The summed E-state index contributed by atoms with van der Waals surface area (Å²) in [5, 5.41) is 8.67. The third kappa shape index (κ3) is 4.97. The largest absolute Gasteiger partial charge is 0.309 e. The van der Waals surface area contributed by atoms with Crippen LogP contribution in [0.1, 0.15) is 32.0 Å². The van der Waals surface area contributed by atoms with Crippen LogP contribution in [0.5, 0.6) is 0 Å². The SMILES string of the molecule is C/C=C\c1c(C)c2ccccc2n1-c1cccc2c1c1ccccc1n2-c1cccc2c1c1ccccc1n2-c1cccc2c1c1ccccc1n2-c1ccccc1.CC. The van der Waals surface area contributed by atoms with Gasteiger partial charge in [-0.3, -0.25) is 0 Å². The molecule has 0 saturated carbocycles. The van der Waals surface area contributed by atoms with Crippen molar-refractivity contribution in [3.8, 4) is 22.7 Å². The first-order valence-electron chi connectivity index (χ1n) is 21.1. The maximum Gasteiger partial charge on any atom is 0.0562 e. The number of hydrogen-bond acceptors (Lipinski definition) is 0. The van der Waals surface area contributed by atoms with Crippen LogP contribution in [-0.2, 0) is 0 Å². The number of para-hydroxylation sites is 5. The molecule has 4 aromatic heterocycles. The zero-order chi connectivity index (χ0) is 40.5. The second-order valence-corrected chi connectivity index (χ2v) is 15.3. The summed E-state index contributed by atoms with van der Waals surface area (Å²) in [7, 11) is 0. The lowest BCUT2D eigenvalue weighted by molar-refractivity contribution is 1.11. The summed E-state index contributed by atoms with van der Waals surface area (Å²) in [6.45, 7) is 8.35. The minimum Gasteiger partial charge on any atom is -0.309 e. The van der Waals surface area contributed by atoms with Gasteiger partial charge in [-0.25, -0.2) is 0 Å². The molecule has 0 aliphatic rings. The molecule has 4 heteroatoms. The Morgan fingerprint density at radius 1 is 0.333 bits per heavy atom. The van der Waals surface area contributed by atoms with E-state index in [2.05, 4.69) is 226 Å². The molecule has 0 N–H and O–H groups in total. The highest BCUT2D eigenvalue weighted by molar-refractivity contribution is 6.20. The van der Waals surface area contributed by atoms with E-state index in [9.17, 15) is 0 Å². The molecule has 0 bridgehead atoms. The Morgan fingerprint density at radius 2 is 0.683 bits per heavy atom. The Balaban J connectivity index is 0.00000201. The van der Waals surface area contributed by atoms with Gasteiger partial charge in [-0.1, -0.05) is 129 Å². The van der Waals surface area contributed by atoms with Gasteiger partial charge in [-0.05, 0) is 98.3 Å². The number of aryl methyl sites for hydroxylation is 1. The number of aromatic nitrogens is 4. The van der Waals surface area contributed by atoms with Gasteiger partial charge in [0.2, 0.25) is 0 Å². The molecule has 0 fully saturated rings. The van der Waals surface area contributed by atoms with E-state index in [-0.39, 0.29) is 0 Å². The molecule has 0 atom stereocenters. The maximum atomic E-state index is 2.50. The summed E-state index contributed by atoms with van der Waals surface area (Å²) >= 11 is 0. The van der Waals surface area contributed by atoms with Crippen molar-refractivity contribution in [2.24, 2.45) is 0 Å². The molecule has 0 aliphatic carbocycles. The standard InChI is InChI=1S/C54H38N4.C2H6/c1-3-18-41-35(2)37-21-7-11-25-42(37)56(41)47-30-16-32-49-53(47)39-23-9-13-27-44(39)58(49)51-34-17-33-50-54(51)40-24-10-14-28-45(40)57(50)48-31-15-29-46-52(48)38-22-8-12-26-43(38)55(46)36-19-5-4-6-20-36;1-2/h3-34H,1-2H3;1-2H3/b18-3-;. The highest BCUT2D eigenvalue weighted by Gasteiger charge is 2.24. The van der Waals surface area contributed by atoms with Gasteiger partial charge in [-0.15, -0.1) is 0 Å². The quantitative estimate of drug-likeness (QED) is 0.166. The molecule has 4 nitrogen and oxygen atoms in total. The van der Waals surface area contributed by atoms with Crippen LogP contribution in [0, 0.1) is 6.92 Å². The molecule has 0 unspecified atom stereocenters. The smallest absolute Gasteiger partial charge is 0.0562 e. The lowest BCUT2D eigenvalue weighted by Crippen LogP contribution is -1.99. The number of fused-ring (bicyclic) bond motifs is 10. The lowest BCUT2D eigenvalue weighted by atomic mass is 10.1. The van der Waals surface area contributed by atoms with Crippen LogP contribution in [0.3, 0.4) is 0 Å². The van der Waals surface area contributed by atoms with E-state index in [0.717, 1.165) is 11.4 Å². The van der Waals surface area contributed by atoms with Gasteiger partial charge in [0.25, 0.3) is 0 Å². The topological polar surface area (TPSA) is 19.7 Å². The molecule has 12 aromatic rings. The highest BCUT2D eigenvalue weighted by Crippen LogP contribution is 2.44. The number of nitrogens with zero attached hydrogens (tertiary/aromatic N) is 4. The van der Waals surface area contributed by atoms with Crippen LogP contribution in [0.4, 0.5) is 0 Å². The molecule has 8 aromatic carbocycles. The van der Waals surface area contributed by atoms with Crippen LogP contribution in [0.25, 0.3) is 105 Å². The van der Waals surface area contributed by atoms with E-state index in [1.165, 1.54) is 99.0 Å². The Kier molecular flexibility index (Phi) is 8.35. The minimum atomic E-state index is 1.15. The molecular formula is C56H44N4. The van der Waals surface area contributed by atoms with Crippen LogP contribution >= 0.6 is 0 Å². The summed E-state index contributed by atoms with van der Waals surface area (Å²) in [5.74, 6) is 0. The summed E-state index contributed by atoms with van der Waals surface area (Å²) in [4.78, 5) is 0. The Labute approximate surface area is 349 Å². The van der Waals surface area contributed by atoms with E-state index in [1.54, 1.807) is 0 Å². The van der Waals surface area contributed by atoms with Crippen molar-refractivity contribution < 1.29 is 0 Å². The predicted molar refractivity (Wildman–Crippen MR) is 257 cm³/mol. The summed E-state index contributed by atoms with van der Waals surface area (Å²) in [6, 6.07) is 66.6. The number of allylic oxidation sites excluding steroid dienone is 1. The van der Waals surface area contributed by atoms with Crippen molar-refractivity contribution in [3.05, 3.63) is 199 Å². The molecule has 60 heavy (non-hydrogen) atoms. The Morgan fingerprint density at radius 3 is 1.15 bits per heavy atom. The van der Waals surface area contributed by atoms with Crippen molar-refractivity contribution in [2.45, 2.75) is 27.7 Å². The number of hydrogen-bond donors (Lipinski definition) is 0. The molecule has 4 heterocycles. The van der Waals surface area contributed by atoms with Crippen molar-refractivity contribution in [1.29, 1.82) is 0 Å². The molecule has 0 radical (unpaired) electrons. The average Bonchev–Trinajstić information content (AvgIpc) is 4.03. The maximum absolute atomic E-state index is 2.50. The average molecular weight is 773 g/mol. The minimum absolute atomic E-state index is 1.15. The van der Waals surface area contributed by atoms with Gasteiger partial charge in [0, 0.05) is 49.1 Å². The Hall–Kier alpha value is -7.56. The fourth-order valence-corrected chi connectivity index (χ4v) is 9.97. The normalized spacial score (nSPS) is 11.9. The summed E-state index contributed by atoms with van der Waals surface area (Å²) < 4.78 is 9.86. The lowest BCUT2D eigenvalue weighted by Gasteiger charge is -2.14. The van der Waals surface area contributed by atoms with E-state index >= 15 is 0 Å². The molecule has 0 saturated heterocycles. The third-order valence-corrected chi connectivity index (χ3v) is 12.3. The second-order valence-electron chi connectivity index (χ2n) is 15.3. The molecule has 0 aliphatic heterocycles. The molecular weight excluding hydrogens is 729 g/mol. The van der Waals surface area contributed by atoms with Gasteiger partial charge in [-0.2, -0.15) is 0 Å². The fraction of sp³-hybridized carbons (Fsp3) is 0.0714. The van der Waals surface area contributed by atoms with Crippen molar-refractivity contribution in [1.82, 2.24) is 18.3 Å². The van der Waals surface area contributed by atoms with Crippen LogP contribution < -0.4 is 0 Å². The molecule has 288 valence electrons. The van der Waals surface area contributed by atoms with Crippen molar-refractivity contribution >= 4 is 82.4 Å². The first-order valence-corrected chi connectivity index (χ1v) is 21.1. The van der Waals surface area contributed by atoms with Gasteiger partial charge >= 0.3 is 0 Å². The van der Waals surface area contributed by atoms with Gasteiger partial charge in [0.15, 0.2) is 0 Å². The van der Waals surface area contributed by atoms with Crippen molar-refractivity contribution in [3.63, 3.8) is 0 Å². The van der Waals surface area contributed by atoms with Crippen molar-refractivity contribution in [2.75, 3.05) is 0 Å². The van der Waals surface area contributed by atoms with E-state index < -0.39 is 0 Å². The predicted octanol–water partition coefficient (Wildman–Crippen LogP) is 15.3. The van der Waals surface area contributed by atoms with Crippen LogP contribution in [-0.4, -0.2) is 18.3 Å². The number of benzene rings is 8.